The summed E-state index contributed by atoms with van der Waals surface area (Å²) in [5, 5.41) is 1.06. The van der Waals surface area contributed by atoms with E-state index in [1.165, 1.54) is 5.56 Å². The quantitative estimate of drug-likeness (QED) is 0.622. The molecule has 1 unspecified atom stereocenters. The van der Waals surface area contributed by atoms with Crippen LogP contribution in [-0.4, -0.2) is 24.2 Å². The molecule has 0 saturated carbocycles. The Labute approximate surface area is 163 Å². The van der Waals surface area contributed by atoms with E-state index < -0.39 is 0 Å². The first-order valence-electron chi connectivity index (χ1n) is 9.27. The molecule has 140 valence electrons. The third-order valence-electron chi connectivity index (χ3n) is 4.93. The molecule has 0 bridgehead atoms. The van der Waals surface area contributed by atoms with Gasteiger partial charge in [0.25, 0.3) is 0 Å². The van der Waals surface area contributed by atoms with Crippen LogP contribution in [0, 0.1) is 0 Å². The van der Waals surface area contributed by atoms with Crippen molar-refractivity contribution in [3.05, 3.63) is 81.2 Å². The van der Waals surface area contributed by atoms with Gasteiger partial charge in [-0.15, -0.1) is 0 Å². The van der Waals surface area contributed by atoms with Gasteiger partial charge in [-0.2, -0.15) is 0 Å². The molecule has 0 aliphatic carbocycles. The predicted octanol–water partition coefficient (Wildman–Crippen LogP) is 4.63. The Balaban J connectivity index is 1.61. The summed E-state index contributed by atoms with van der Waals surface area (Å²) in [5.74, 6) is 0. The van der Waals surface area contributed by atoms with E-state index in [0.29, 0.717) is 28.1 Å². The number of halogens is 1. The zero-order chi connectivity index (χ0) is 18.6. The first-order chi connectivity index (χ1) is 13.2. The van der Waals surface area contributed by atoms with Crippen LogP contribution in [0.3, 0.4) is 0 Å². The van der Waals surface area contributed by atoms with E-state index >= 15 is 0 Å². The van der Waals surface area contributed by atoms with Crippen molar-refractivity contribution in [2.75, 3.05) is 13.2 Å². The summed E-state index contributed by atoms with van der Waals surface area (Å²) in [5.41, 5.74) is 2.38. The van der Waals surface area contributed by atoms with Crippen molar-refractivity contribution in [3.63, 3.8) is 0 Å². The van der Waals surface area contributed by atoms with E-state index in [9.17, 15) is 4.79 Å². The summed E-state index contributed by atoms with van der Waals surface area (Å²) in [7, 11) is 0. The third kappa shape index (κ3) is 4.41. The van der Waals surface area contributed by atoms with Crippen molar-refractivity contribution in [2.24, 2.45) is 0 Å². The molecule has 3 aromatic rings. The molecule has 2 heterocycles. The van der Waals surface area contributed by atoms with Crippen LogP contribution in [-0.2, 0) is 17.8 Å². The molecular weight excluding hydrogens is 362 g/mol. The summed E-state index contributed by atoms with van der Waals surface area (Å²) in [6.07, 6.45) is 3.95. The van der Waals surface area contributed by atoms with Gasteiger partial charge in [-0.1, -0.05) is 41.9 Å². The van der Waals surface area contributed by atoms with Gasteiger partial charge in [0.15, 0.2) is 5.43 Å². The van der Waals surface area contributed by atoms with Gasteiger partial charge in [-0.05, 0) is 36.6 Å². The third-order valence-corrected chi connectivity index (χ3v) is 5.17. The topological polar surface area (TPSA) is 42.7 Å². The maximum atomic E-state index is 12.9. The van der Waals surface area contributed by atoms with Gasteiger partial charge in [0.1, 0.15) is 5.58 Å². The van der Waals surface area contributed by atoms with E-state index in [0.717, 1.165) is 32.5 Å². The van der Waals surface area contributed by atoms with Crippen LogP contribution < -0.4 is 5.43 Å². The number of nitrogens with zero attached hydrogens (tertiary/aromatic N) is 1. The van der Waals surface area contributed by atoms with Gasteiger partial charge in [0, 0.05) is 36.8 Å². The maximum absolute atomic E-state index is 12.9. The number of fused-ring (bicyclic) bond motifs is 1. The highest BCUT2D eigenvalue weighted by atomic mass is 35.5. The van der Waals surface area contributed by atoms with Crippen LogP contribution in [0.4, 0.5) is 0 Å². The van der Waals surface area contributed by atoms with E-state index in [2.05, 4.69) is 17.0 Å². The standard InChI is InChI=1S/C22H22ClNO3/c23-18-8-9-21-20(11-18)22(25)17(15-27-21)13-24(14-19-7-4-10-26-19)12-16-5-2-1-3-6-16/h1-3,5-6,8-9,11,15,19H,4,7,10,12-14H2. The van der Waals surface area contributed by atoms with E-state index in [4.69, 9.17) is 20.8 Å². The van der Waals surface area contributed by atoms with Crippen molar-refractivity contribution in [3.8, 4) is 0 Å². The maximum Gasteiger partial charge on any atom is 0.197 e. The molecule has 1 fully saturated rings. The molecule has 0 N–H and O–H groups in total. The minimum absolute atomic E-state index is 0.0239. The second-order valence-corrected chi connectivity index (χ2v) is 7.46. The van der Waals surface area contributed by atoms with Crippen LogP contribution in [0.2, 0.25) is 5.02 Å². The molecule has 27 heavy (non-hydrogen) atoms. The van der Waals surface area contributed by atoms with Crippen LogP contribution in [0.1, 0.15) is 24.0 Å². The molecule has 4 nitrogen and oxygen atoms in total. The van der Waals surface area contributed by atoms with Gasteiger partial charge in [-0.3, -0.25) is 9.69 Å². The molecule has 5 heteroatoms. The lowest BCUT2D eigenvalue weighted by atomic mass is 10.1. The largest absolute Gasteiger partial charge is 0.464 e. The second-order valence-electron chi connectivity index (χ2n) is 7.02. The second kappa shape index (κ2) is 8.26. The molecular formula is C22H22ClNO3. The van der Waals surface area contributed by atoms with Crippen molar-refractivity contribution >= 4 is 22.6 Å². The first kappa shape index (κ1) is 18.2. The molecule has 0 radical (unpaired) electrons. The lowest BCUT2D eigenvalue weighted by Crippen LogP contribution is -2.33. The minimum atomic E-state index is -0.0239. The van der Waals surface area contributed by atoms with Crippen LogP contribution in [0.15, 0.2) is 64.0 Å². The van der Waals surface area contributed by atoms with Gasteiger partial charge in [0.2, 0.25) is 0 Å². The number of benzene rings is 2. The summed E-state index contributed by atoms with van der Waals surface area (Å²) in [6, 6.07) is 15.4. The minimum Gasteiger partial charge on any atom is -0.464 e. The molecule has 1 aromatic heterocycles. The average molecular weight is 384 g/mol. The number of ether oxygens (including phenoxy) is 1. The SMILES string of the molecule is O=c1c(CN(Cc2ccccc2)CC2CCCO2)coc2ccc(Cl)cc12. The highest BCUT2D eigenvalue weighted by molar-refractivity contribution is 6.31. The molecule has 1 aliphatic heterocycles. The summed E-state index contributed by atoms with van der Waals surface area (Å²) in [4.78, 5) is 15.2. The fraction of sp³-hybridized carbons (Fsp3) is 0.318. The normalized spacial score (nSPS) is 17.0. The molecule has 1 aliphatic rings. The van der Waals surface area contributed by atoms with Gasteiger partial charge in [0.05, 0.1) is 17.8 Å². The van der Waals surface area contributed by atoms with Gasteiger partial charge in [-0.25, -0.2) is 0 Å². The van der Waals surface area contributed by atoms with Crippen LogP contribution in [0.5, 0.6) is 0 Å². The molecule has 1 atom stereocenters. The fourth-order valence-electron chi connectivity index (χ4n) is 3.60. The fourth-order valence-corrected chi connectivity index (χ4v) is 3.77. The Morgan fingerprint density at radius 3 is 2.74 bits per heavy atom. The molecule has 2 aromatic carbocycles. The zero-order valence-electron chi connectivity index (χ0n) is 15.1. The first-order valence-corrected chi connectivity index (χ1v) is 9.64. The summed E-state index contributed by atoms with van der Waals surface area (Å²) < 4.78 is 11.5. The van der Waals surface area contributed by atoms with Crippen LogP contribution in [0.25, 0.3) is 11.0 Å². The smallest absolute Gasteiger partial charge is 0.197 e. The Kier molecular flexibility index (Phi) is 5.58. The van der Waals surface area contributed by atoms with Crippen molar-refractivity contribution in [1.29, 1.82) is 0 Å². The molecule has 4 rings (SSSR count). The predicted molar refractivity (Wildman–Crippen MR) is 107 cm³/mol. The summed E-state index contributed by atoms with van der Waals surface area (Å²) in [6.45, 7) is 2.88. The zero-order valence-corrected chi connectivity index (χ0v) is 15.8. The van der Waals surface area contributed by atoms with Crippen molar-refractivity contribution in [2.45, 2.75) is 32.0 Å². The Morgan fingerprint density at radius 1 is 1.11 bits per heavy atom. The van der Waals surface area contributed by atoms with E-state index in [1.54, 1.807) is 24.5 Å². The lowest BCUT2D eigenvalue weighted by Gasteiger charge is -2.25. The molecule has 1 saturated heterocycles. The van der Waals surface area contributed by atoms with E-state index in [-0.39, 0.29) is 11.5 Å². The number of hydrogen-bond donors (Lipinski definition) is 0. The van der Waals surface area contributed by atoms with Gasteiger partial charge >= 0.3 is 0 Å². The Morgan fingerprint density at radius 2 is 1.96 bits per heavy atom. The van der Waals surface area contributed by atoms with Gasteiger partial charge < -0.3 is 9.15 Å². The Bertz CT molecular complexity index is 964. The highest BCUT2D eigenvalue weighted by Gasteiger charge is 2.21. The highest BCUT2D eigenvalue weighted by Crippen LogP contribution is 2.20. The van der Waals surface area contributed by atoms with Crippen molar-refractivity contribution in [1.82, 2.24) is 4.90 Å². The number of hydrogen-bond acceptors (Lipinski definition) is 4. The van der Waals surface area contributed by atoms with Crippen molar-refractivity contribution < 1.29 is 9.15 Å². The average Bonchev–Trinajstić information content (AvgIpc) is 3.18. The summed E-state index contributed by atoms with van der Waals surface area (Å²) >= 11 is 6.06. The van der Waals surface area contributed by atoms with E-state index in [1.807, 2.05) is 18.2 Å². The Hall–Kier alpha value is -2.14. The molecule has 0 spiro atoms. The monoisotopic (exact) mass is 383 g/mol. The molecule has 0 amide bonds. The number of rotatable bonds is 6. The van der Waals surface area contributed by atoms with Crippen LogP contribution >= 0.6 is 11.6 Å². The lowest BCUT2D eigenvalue weighted by molar-refractivity contribution is 0.0676.